The molecule has 0 radical (unpaired) electrons. The standard InChI is InChI=1S/C23H30ClN3O6S/c1-6-25-23(29)16(2)26(14-17-8-7-9-19(12-17)32-3)22(28)15-27(34(5,30)31)18-10-11-21(33-4)20(24)13-18/h7-13,16H,6,14-15H2,1-5H3,(H,25,29)/t16-/m0/s1. The van der Waals surface area contributed by atoms with E-state index in [4.69, 9.17) is 21.1 Å². The molecule has 0 saturated heterocycles. The van der Waals surface area contributed by atoms with E-state index in [9.17, 15) is 18.0 Å². The summed E-state index contributed by atoms with van der Waals surface area (Å²) in [7, 11) is -0.883. The Morgan fingerprint density at radius 2 is 1.82 bits per heavy atom. The molecule has 2 rings (SSSR count). The van der Waals surface area contributed by atoms with Crippen LogP contribution in [0.15, 0.2) is 42.5 Å². The summed E-state index contributed by atoms with van der Waals surface area (Å²) >= 11 is 6.18. The second kappa shape index (κ2) is 11.9. The number of hydrogen-bond acceptors (Lipinski definition) is 6. The number of halogens is 1. The van der Waals surface area contributed by atoms with Crippen LogP contribution in [0.1, 0.15) is 19.4 Å². The minimum absolute atomic E-state index is 0.0787. The van der Waals surface area contributed by atoms with Gasteiger partial charge in [0.15, 0.2) is 0 Å². The molecular formula is C23H30ClN3O6S. The fraction of sp³-hybridized carbons (Fsp3) is 0.391. The molecule has 11 heteroatoms. The van der Waals surface area contributed by atoms with Crippen LogP contribution < -0.4 is 19.1 Å². The van der Waals surface area contributed by atoms with Crippen LogP contribution in [0.3, 0.4) is 0 Å². The van der Waals surface area contributed by atoms with Crippen molar-refractivity contribution in [3.05, 3.63) is 53.1 Å². The third-order valence-corrected chi connectivity index (χ3v) is 6.54. The van der Waals surface area contributed by atoms with E-state index < -0.39 is 28.5 Å². The van der Waals surface area contributed by atoms with Crippen molar-refractivity contribution in [3.63, 3.8) is 0 Å². The fourth-order valence-electron chi connectivity index (χ4n) is 3.30. The van der Waals surface area contributed by atoms with Gasteiger partial charge in [-0.1, -0.05) is 23.7 Å². The van der Waals surface area contributed by atoms with E-state index in [0.29, 0.717) is 18.0 Å². The van der Waals surface area contributed by atoms with Gasteiger partial charge in [0, 0.05) is 13.1 Å². The highest BCUT2D eigenvalue weighted by Gasteiger charge is 2.30. The van der Waals surface area contributed by atoms with Crippen LogP contribution in [0.25, 0.3) is 0 Å². The van der Waals surface area contributed by atoms with Gasteiger partial charge in [-0.25, -0.2) is 8.42 Å². The monoisotopic (exact) mass is 511 g/mol. The molecule has 0 bridgehead atoms. The first-order valence-corrected chi connectivity index (χ1v) is 12.8. The molecule has 0 saturated carbocycles. The number of sulfonamides is 1. The van der Waals surface area contributed by atoms with Gasteiger partial charge in [0.2, 0.25) is 21.8 Å². The number of carbonyl (C=O) groups excluding carboxylic acids is 2. The van der Waals surface area contributed by atoms with Gasteiger partial charge in [0.05, 0.1) is 31.2 Å². The Morgan fingerprint density at radius 1 is 1.12 bits per heavy atom. The van der Waals surface area contributed by atoms with Gasteiger partial charge in [0.25, 0.3) is 0 Å². The maximum atomic E-state index is 13.4. The number of nitrogens with zero attached hydrogens (tertiary/aromatic N) is 2. The largest absolute Gasteiger partial charge is 0.497 e. The first-order valence-electron chi connectivity index (χ1n) is 10.5. The van der Waals surface area contributed by atoms with Gasteiger partial charge in [-0.05, 0) is 49.7 Å². The molecule has 186 valence electrons. The summed E-state index contributed by atoms with van der Waals surface area (Å²) in [5.41, 5.74) is 0.927. The molecule has 0 heterocycles. The highest BCUT2D eigenvalue weighted by atomic mass is 35.5. The molecule has 0 aromatic heterocycles. The molecule has 0 aliphatic carbocycles. The van der Waals surface area contributed by atoms with E-state index in [0.717, 1.165) is 16.1 Å². The number of carbonyl (C=O) groups is 2. The van der Waals surface area contributed by atoms with Crippen molar-refractivity contribution in [2.75, 3.05) is 37.9 Å². The molecule has 9 nitrogen and oxygen atoms in total. The highest BCUT2D eigenvalue weighted by Crippen LogP contribution is 2.30. The van der Waals surface area contributed by atoms with Crippen LogP contribution in [-0.4, -0.2) is 64.7 Å². The number of rotatable bonds is 11. The van der Waals surface area contributed by atoms with Gasteiger partial charge in [-0.3, -0.25) is 13.9 Å². The summed E-state index contributed by atoms with van der Waals surface area (Å²) in [5, 5.41) is 2.90. The second-order valence-corrected chi connectivity index (χ2v) is 9.85. The molecule has 0 unspecified atom stereocenters. The Bertz CT molecular complexity index is 1130. The average Bonchev–Trinajstić information content (AvgIpc) is 2.79. The van der Waals surface area contributed by atoms with Crippen molar-refractivity contribution in [1.82, 2.24) is 10.2 Å². The molecule has 1 atom stereocenters. The Kier molecular flexibility index (Phi) is 9.57. The zero-order chi connectivity index (χ0) is 25.5. The van der Waals surface area contributed by atoms with E-state index in [1.54, 1.807) is 38.1 Å². The lowest BCUT2D eigenvalue weighted by atomic mass is 10.1. The Morgan fingerprint density at radius 3 is 2.38 bits per heavy atom. The van der Waals surface area contributed by atoms with E-state index in [1.165, 1.54) is 37.3 Å². The minimum atomic E-state index is -3.86. The Hall–Kier alpha value is -2.98. The number of nitrogens with one attached hydrogen (secondary N) is 1. The van der Waals surface area contributed by atoms with Gasteiger partial charge in [-0.15, -0.1) is 0 Å². The quantitative estimate of drug-likeness (QED) is 0.497. The zero-order valence-electron chi connectivity index (χ0n) is 19.9. The lowest BCUT2D eigenvalue weighted by Crippen LogP contribution is -2.51. The zero-order valence-corrected chi connectivity index (χ0v) is 21.4. The third kappa shape index (κ3) is 7.01. The van der Waals surface area contributed by atoms with E-state index >= 15 is 0 Å². The number of anilines is 1. The average molecular weight is 512 g/mol. The SMILES string of the molecule is CCNC(=O)[C@H](C)N(Cc1cccc(OC)c1)C(=O)CN(c1ccc(OC)c(Cl)c1)S(C)(=O)=O. The molecule has 1 N–H and O–H groups in total. The van der Waals surface area contributed by atoms with Gasteiger partial charge >= 0.3 is 0 Å². The number of hydrogen-bond donors (Lipinski definition) is 1. The number of amides is 2. The molecular weight excluding hydrogens is 482 g/mol. The molecule has 0 fully saturated rings. The maximum absolute atomic E-state index is 13.4. The van der Waals surface area contributed by atoms with Gasteiger partial charge < -0.3 is 19.7 Å². The summed E-state index contributed by atoms with van der Waals surface area (Å²) in [6, 6.07) is 10.7. The number of benzene rings is 2. The van der Waals surface area contributed by atoms with Gasteiger partial charge in [0.1, 0.15) is 24.1 Å². The highest BCUT2D eigenvalue weighted by molar-refractivity contribution is 7.92. The first kappa shape index (κ1) is 27.3. The van der Waals surface area contributed by atoms with E-state index in [1.807, 2.05) is 0 Å². The molecule has 2 amide bonds. The molecule has 0 spiro atoms. The molecule has 0 aliphatic heterocycles. The van der Waals surface area contributed by atoms with Crippen molar-refractivity contribution < 1.29 is 27.5 Å². The molecule has 0 aliphatic rings. The third-order valence-electron chi connectivity index (χ3n) is 5.11. The normalized spacial score (nSPS) is 11.9. The van der Waals surface area contributed by atoms with Crippen LogP contribution in [0, 0.1) is 0 Å². The molecule has 34 heavy (non-hydrogen) atoms. The lowest BCUT2D eigenvalue weighted by molar-refractivity contribution is -0.139. The Balaban J connectivity index is 2.42. The van der Waals surface area contributed by atoms with Gasteiger partial charge in [-0.2, -0.15) is 0 Å². The van der Waals surface area contributed by atoms with Crippen molar-refractivity contribution in [1.29, 1.82) is 0 Å². The predicted molar refractivity (Wildman–Crippen MR) is 132 cm³/mol. The summed E-state index contributed by atoms with van der Waals surface area (Å²) in [6.45, 7) is 3.32. The van der Waals surface area contributed by atoms with Crippen LogP contribution in [0.2, 0.25) is 5.02 Å². The van der Waals surface area contributed by atoms with Crippen LogP contribution in [0.4, 0.5) is 5.69 Å². The summed E-state index contributed by atoms with van der Waals surface area (Å²) in [4.78, 5) is 27.4. The number of methoxy groups -OCH3 is 2. The van der Waals surface area contributed by atoms with Crippen molar-refractivity contribution in [2.24, 2.45) is 0 Å². The van der Waals surface area contributed by atoms with E-state index in [-0.39, 0.29) is 23.2 Å². The first-order chi connectivity index (χ1) is 16.0. The van der Waals surface area contributed by atoms with Crippen molar-refractivity contribution in [2.45, 2.75) is 26.4 Å². The molecule has 2 aromatic rings. The second-order valence-electron chi connectivity index (χ2n) is 7.53. The smallest absolute Gasteiger partial charge is 0.244 e. The maximum Gasteiger partial charge on any atom is 0.244 e. The van der Waals surface area contributed by atoms with Crippen molar-refractivity contribution in [3.8, 4) is 11.5 Å². The number of ether oxygens (including phenoxy) is 2. The van der Waals surface area contributed by atoms with Crippen LogP contribution >= 0.6 is 11.6 Å². The number of likely N-dealkylation sites (N-methyl/N-ethyl adjacent to an activating group) is 1. The fourth-order valence-corrected chi connectivity index (χ4v) is 4.39. The lowest BCUT2D eigenvalue weighted by Gasteiger charge is -2.31. The van der Waals surface area contributed by atoms with Crippen LogP contribution in [-0.2, 0) is 26.2 Å². The van der Waals surface area contributed by atoms with E-state index in [2.05, 4.69) is 5.32 Å². The van der Waals surface area contributed by atoms with Crippen molar-refractivity contribution >= 4 is 39.1 Å². The predicted octanol–water partition coefficient (Wildman–Crippen LogP) is 2.68. The van der Waals surface area contributed by atoms with Crippen LogP contribution in [0.5, 0.6) is 11.5 Å². The summed E-state index contributed by atoms with van der Waals surface area (Å²) < 4.78 is 36.5. The molecule has 2 aromatic carbocycles. The minimum Gasteiger partial charge on any atom is -0.497 e. The topological polar surface area (TPSA) is 105 Å². The summed E-state index contributed by atoms with van der Waals surface area (Å²) in [6.07, 6.45) is 0.998. The Labute approximate surface area is 205 Å². The summed E-state index contributed by atoms with van der Waals surface area (Å²) in [5.74, 6) is 0.0620.